The van der Waals surface area contributed by atoms with Crippen molar-refractivity contribution >= 4 is 23.0 Å². The number of aromatic nitrogens is 2. The van der Waals surface area contributed by atoms with E-state index in [1.807, 2.05) is 12.1 Å². The lowest BCUT2D eigenvalue weighted by molar-refractivity contribution is 0.0955. The van der Waals surface area contributed by atoms with Crippen molar-refractivity contribution in [3.63, 3.8) is 0 Å². The van der Waals surface area contributed by atoms with Crippen LogP contribution in [0.3, 0.4) is 0 Å². The summed E-state index contributed by atoms with van der Waals surface area (Å²) in [7, 11) is 0. The summed E-state index contributed by atoms with van der Waals surface area (Å²) < 4.78 is 7.45. The number of furan rings is 1. The number of benzene rings is 1. The highest BCUT2D eigenvalue weighted by atomic mass is 16.3. The molecule has 3 aromatic rings. The van der Waals surface area contributed by atoms with Gasteiger partial charge in [0.25, 0.3) is 11.5 Å². The number of rotatable bonds is 4. The van der Waals surface area contributed by atoms with Gasteiger partial charge in [-0.2, -0.15) is 5.10 Å². The Kier molecular flexibility index (Phi) is 3.89. The van der Waals surface area contributed by atoms with Gasteiger partial charge < -0.3 is 4.42 Å². The number of carbonyl (C=O) groups is 1. The van der Waals surface area contributed by atoms with Crippen molar-refractivity contribution in [2.75, 3.05) is 0 Å². The Morgan fingerprint density at radius 1 is 1.36 bits per heavy atom. The normalized spacial score (nSPS) is 20.6. The van der Waals surface area contributed by atoms with Crippen molar-refractivity contribution in [3.8, 4) is 0 Å². The number of nitrogens with one attached hydrogen (secondary N) is 1. The third-order valence-corrected chi connectivity index (χ3v) is 5.56. The highest BCUT2D eigenvalue weighted by molar-refractivity contribution is 5.98. The third kappa shape index (κ3) is 2.93. The summed E-state index contributed by atoms with van der Waals surface area (Å²) >= 11 is 0. The molecule has 28 heavy (non-hydrogen) atoms. The predicted molar refractivity (Wildman–Crippen MR) is 105 cm³/mol. The average molecular weight is 376 g/mol. The zero-order valence-electron chi connectivity index (χ0n) is 15.5. The van der Waals surface area contributed by atoms with Crippen molar-refractivity contribution in [1.29, 1.82) is 0 Å². The number of hydrazone groups is 1. The Balaban J connectivity index is 1.32. The molecule has 0 spiro atoms. The number of hydrogen-bond donors (Lipinski definition) is 1. The van der Waals surface area contributed by atoms with Crippen LogP contribution in [0, 0.1) is 5.92 Å². The van der Waals surface area contributed by atoms with Gasteiger partial charge in [-0.3, -0.25) is 14.2 Å². The molecule has 3 heterocycles. The molecule has 0 saturated heterocycles. The van der Waals surface area contributed by atoms with Crippen molar-refractivity contribution < 1.29 is 9.21 Å². The highest BCUT2D eigenvalue weighted by Crippen LogP contribution is 2.47. The molecular weight excluding hydrogens is 356 g/mol. The van der Waals surface area contributed by atoms with E-state index < -0.39 is 0 Å². The number of amides is 1. The van der Waals surface area contributed by atoms with Crippen LogP contribution in [0.5, 0.6) is 0 Å². The second-order valence-corrected chi connectivity index (χ2v) is 7.58. The van der Waals surface area contributed by atoms with E-state index in [2.05, 4.69) is 22.4 Å². The molecule has 142 valence electrons. The zero-order valence-corrected chi connectivity index (χ0v) is 15.5. The second-order valence-electron chi connectivity index (χ2n) is 7.58. The van der Waals surface area contributed by atoms with Gasteiger partial charge in [-0.1, -0.05) is 6.92 Å². The van der Waals surface area contributed by atoms with Crippen LogP contribution >= 0.6 is 0 Å². The van der Waals surface area contributed by atoms with Gasteiger partial charge in [-0.05, 0) is 49.1 Å². The molecule has 0 unspecified atom stereocenters. The maximum atomic E-state index is 12.5. The molecule has 5 rings (SSSR count). The molecule has 2 atom stereocenters. The summed E-state index contributed by atoms with van der Waals surface area (Å²) in [6, 6.07) is 8.73. The topological polar surface area (TPSA) is 89.5 Å². The van der Waals surface area contributed by atoms with E-state index in [0.29, 0.717) is 40.6 Å². The Hall–Kier alpha value is -3.22. The van der Waals surface area contributed by atoms with E-state index in [1.54, 1.807) is 22.8 Å². The zero-order chi connectivity index (χ0) is 19.3. The minimum absolute atomic E-state index is 0.0407. The fourth-order valence-corrected chi connectivity index (χ4v) is 3.80. The average Bonchev–Trinajstić information content (AvgIpc) is 3.09. The van der Waals surface area contributed by atoms with E-state index in [-0.39, 0.29) is 11.5 Å². The lowest BCUT2D eigenvalue weighted by Crippen LogP contribution is -2.22. The van der Waals surface area contributed by atoms with E-state index in [4.69, 9.17) is 4.42 Å². The van der Waals surface area contributed by atoms with E-state index in [9.17, 15) is 9.59 Å². The summed E-state index contributed by atoms with van der Waals surface area (Å²) in [5.74, 6) is 3.19. The van der Waals surface area contributed by atoms with Crippen LogP contribution in [0.1, 0.15) is 53.4 Å². The van der Waals surface area contributed by atoms with E-state index in [1.165, 1.54) is 6.21 Å². The molecule has 1 aliphatic carbocycles. The first-order chi connectivity index (χ1) is 13.6. The minimum Gasteiger partial charge on any atom is -0.460 e. The minimum atomic E-state index is -0.358. The lowest BCUT2D eigenvalue weighted by atomic mass is 10.1. The maximum absolute atomic E-state index is 12.5. The van der Waals surface area contributed by atoms with Crippen LogP contribution in [-0.4, -0.2) is 21.7 Å². The van der Waals surface area contributed by atoms with Crippen molar-refractivity contribution in [3.05, 3.63) is 63.6 Å². The van der Waals surface area contributed by atoms with Gasteiger partial charge >= 0.3 is 0 Å². The van der Waals surface area contributed by atoms with Gasteiger partial charge in [0.2, 0.25) is 0 Å². The second kappa shape index (κ2) is 6.44. The van der Waals surface area contributed by atoms with Gasteiger partial charge in [0.1, 0.15) is 17.3 Å². The first kappa shape index (κ1) is 16.9. The van der Waals surface area contributed by atoms with Crippen LogP contribution < -0.4 is 11.0 Å². The summed E-state index contributed by atoms with van der Waals surface area (Å²) in [4.78, 5) is 29.4. The van der Waals surface area contributed by atoms with Gasteiger partial charge in [-0.25, -0.2) is 10.4 Å². The molecule has 1 amide bonds. The maximum Gasteiger partial charge on any atom is 0.271 e. The number of carbonyl (C=O) groups excluding carboxylic acids is 1. The molecule has 7 heteroatoms. The molecule has 0 radical (unpaired) electrons. The molecule has 1 aliphatic heterocycles. The van der Waals surface area contributed by atoms with E-state index in [0.717, 1.165) is 30.8 Å². The van der Waals surface area contributed by atoms with Crippen molar-refractivity contribution in [2.45, 2.75) is 38.6 Å². The monoisotopic (exact) mass is 376 g/mol. The molecule has 1 saturated carbocycles. The van der Waals surface area contributed by atoms with E-state index >= 15 is 0 Å². The predicted octanol–water partition coefficient (Wildman–Crippen LogP) is 2.82. The van der Waals surface area contributed by atoms with Gasteiger partial charge in [-0.15, -0.1) is 0 Å². The molecule has 7 nitrogen and oxygen atoms in total. The van der Waals surface area contributed by atoms with Gasteiger partial charge in [0.15, 0.2) is 0 Å². The molecule has 1 N–H and O–H groups in total. The fourth-order valence-electron chi connectivity index (χ4n) is 3.80. The van der Waals surface area contributed by atoms with Crippen LogP contribution in [0.2, 0.25) is 0 Å². The van der Waals surface area contributed by atoms with Crippen LogP contribution in [-0.2, 0) is 13.0 Å². The quantitative estimate of drug-likeness (QED) is 0.560. The fraction of sp³-hybridized carbons (Fsp3) is 0.333. The molecule has 2 aliphatic rings. The van der Waals surface area contributed by atoms with Gasteiger partial charge in [0.05, 0.1) is 17.1 Å². The SMILES string of the molecule is C[C@H]1C[C@@H]1c1ccc(/C=N\NC(=O)c2ccc3c(=O)n4c(nc3c2)CCC4)o1. The van der Waals surface area contributed by atoms with Crippen LogP contribution in [0.15, 0.2) is 44.6 Å². The molecule has 1 aromatic carbocycles. The standard InChI is InChI=1S/C21H20N4O3/c1-12-9-16(12)18-7-5-14(28-18)11-22-24-20(26)13-4-6-15-17(10-13)23-19-3-2-8-25(19)21(15)27/h4-7,10-12,16H,2-3,8-9H2,1H3,(H,24,26)/b22-11-/t12-,16-/m0/s1. The van der Waals surface area contributed by atoms with Crippen LogP contribution in [0.25, 0.3) is 10.9 Å². The summed E-state index contributed by atoms with van der Waals surface area (Å²) in [5.41, 5.74) is 3.41. The molecule has 1 fully saturated rings. The van der Waals surface area contributed by atoms with Crippen LogP contribution in [0.4, 0.5) is 0 Å². The summed E-state index contributed by atoms with van der Waals surface area (Å²) in [5, 5.41) is 4.51. The molecule has 0 bridgehead atoms. The Morgan fingerprint density at radius 2 is 2.21 bits per heavy atom. The number of fused-ring (bicyclic) bond motifs is 2. The first-order valence-electron chi connectivity index (χ1n) is 9.57. The molecule has 2 aromatic heterocycles. The highest BCUT2D eigenvalue weighted by Gasteiger charge is 2.36. The number of aryl methyl sites for hydroxylation is 1. The number of nitrogens with zero attached hydrogens (tertiary/aromatic N) is 3. The van der Waals surface area contributed by atoms with Crippen molar-refractivity contribution in [1.82, 2.24) is 15.0 Å². The smallest absolute Gasteiger partial charge is 0.271 e. The third-order valence-electron chi connectivity index (χ3n) is 5.56. The van der Waals surface area contributed by atoms with Gasteiger partial charge in [0, 0.05) is 24.4 Å². The largest absolute Gasteiger partial charge is 0.460 e. The first-order valence-corrected chi connectivity index (χ1v) is 9.57. The molecular formula is C21H20N4O3. The lowest BCUT2D eigenvalue weighted by Gasteiger charge is -2.06. The number of hydrogen-bond acceptors (Lipinski definition) is 5. The van der Waals surface area contributed by atoms with Crippen molar-refractivity contribution in [2.24, 2.45) is 11.0 Å². The Labute approximate surface area is 161 Å². The summed E-state index contributed by atoms with van der Waals surface area (Å²) in [6.07, 6.45) is 4.36. The summed E-state index contributed by atoms with van der Waals surface area (Å²) in [6.45, 7) is 2.91. The Bertz CT molecular complexity index is 1170. The Morgan fingerprint density at radius 3 is 3.04 bits per heavy atom.